The van der Waals surface area contributed by atoms with Gasteiger partial charge in [-0.15, -0.1) is 11.3 Å². The normalized spacial score (nSPS) is 11.0. The van der Waals surface area contributed by atoms with Crippen molar-refractivity contribution in [2.24, 2.45) is 0 Å². The van der Waals surface area contributed by atoms with Crippen molar-refractivity contribution in [2.75, 3.05) is 16.6 Å². The molecule has 1 heterocycles. The summed E-state index contributed by atoms with van der Waals surface area (Å²) >= 11 is 1.10. The first-order valence-electron chi connectivity index (χ1n) is 9.57. The molecule has 172 valence electrons. The number of nitro benzene ring substituents is 1. The molecule has 0 atom stereocenters. The number of nitrogens with one attached hydrogen (secondary N) is 2. The van der Waals surface area contributed by atoms with E-state index in [1.54, 1.807) is 19.9 Å². The average molecular weight is 490 g/mol. The quantitative estimate of drug-likeness (QED) is 0.274. The van der Waals surface area contributed by atoms with E-state index >= 15 is 0 Å². The van der Waals surface area contributed by atoms with Gasteiger partial charge in [-0.1, -0.05) is 6.07 Å². The minimum atomic E-state index is -4.06. The molecule has 0 aliphatic heterocycles. The van der Waals surface area contributed by atoms with Crippen LogP contribution in [0.5, 0.6) is 0 Å². The molecule has 0 saturated carbocycles. The molecule has 10 nitrogen and oxygen atoms in total. The van der Waals surface area contributed by atoms with Gasteiger partial charge in [-0.2, -0.15) is 0 Å². The van der Waals surface area contributed by atoms with Crippen LogP contribution >= 0.6 is 11.3 Å². The van der Waals surface area contributed by atoms with E-state index in [4.69, 9.17) is 4.74 Å². The highest BCUT2D eigenvalue weighted by Crippen LogP contribution is 2.28. The highest BCUT2D eigenvalue weighted by Gasteiger charge is 2.19. The molecule has 0 radical (unpaired) electrons. The second-order valence-electron chi connectivity index (χ2n) is 6.73. The van der Waals surface area contributed by atoms with E-state index in [1.807, 2.05) is 0 Å². The fraction of sp³-hybridized carbons (Fsp3) is 0.143. The zero-order valence-corrected chi connectivity index (χ0v) is 19.2. The molecular weight excluding hydrogens is 470 g/mol. The maximum Gasteiger partial charge on any atom is 0.348 e. The molecule has 0 saturated heterocycles. The lowest BCUT2D eigenvalue weighted by atomic mass is 10.2. The van der Waals surface area contributed by atoms with E-state index in [1.165, 1.54) is 42.5 Å². The number of hydrogen-bond donors (Lipinski definition) is 2. The number of carbonyl (C=O) groups is 2. The Labute approximate surface area is 193 Å². The lowest BCUT2D eigenvalue weighted by Crippen LogP contribution is -2.14. The van der Waals surface area contributed by atoms with Gasteiger partial charge in [0.05, 0.1) is 21.4 Å². The number of anilines is 2. The number of esters is 1. The van der Waals surface area contributed by atoms with Crippen LogP contribution in [0.2, 0.25) is 0 Å². The SMILES string of the molecule is CCOC(=O)c1sc(NC(=O)c2ccc(NS(=O)(=O)c3cccc([N+](=O)[O-])c3)cc2)cc1C. The Bertz CT molecular complexity index is 1320. The Morgan fingerprint density at radius 3 is 2.45 bits per heavy atom. The molecule has 12 heteroatoms. The minimum absolute atomic E-state index is 0.176. The van der Waals surface area contributed by atoms with Gasteiger partial charge in [0.15, 0.2) is 0 Å². The highest BCUT2D eigenvalue weighted by atomic mass is 32.2. The van der Waals surface area contributed by atoms with Crippen LogP contribution in [0.25, 0.3) is 0 Å². The van der Waals surface area contributed by atoms with Gasteiger partial charge in [-0.25, -0.2) is 13.2 Å². The number of nitrogens with zero attached hydrogens (tertiary/aromatic N) is 1. The van der Waals surface area contributed by atoms with Gasteiger partial charge < -0.3 is 10.1 Å². The molecule has 3 rings (SSSR count). The summed E-state index contributed by atoms with van der Waals surface area (Å²) in [6.07, 6.45) is 0. The second-order valence-corrected chi connectivity index (χ2v) is 9.47. The Hall–Kier alpha value is -3.77. The summed E-state index contributed by atoms with van der Waals surface area (Å²) in [5, 5.41) is 14.0. The van der Waals surface area contributed by atoms with E-state index in [0.717, 1.165) is 17.4 Å². The highest BCUT2D eigenvalue weighted by molar-refractivity contribution is 7.92. The van der Waals surface area contributed by atoms with Gasteiger partial charge in [-0.3, -0.25) is 19.6 Å². The van der Waals surface area contributed by atoms with Gasteiger partial charge in [0.2, 0.25) is 0 Å². The lowest BCUT2D eigenvalue weighted by molar-refractivity contribution is -0.385. The molecule has 0 fully saturated rings. The summed E-state index contributed by atoms with van der Waals surface area (Å²) in [6, 6.07) is 12.0. The fourth-order valence-electron chi connectivity index (χ4n) is 2.80. The van der Waals surface area contributed by atoms with Crippen LogP contribution in [0.1, 0.15) is 32.5 Å². The molecule has 0 bridgehead atoms. The summed E-state index contributed by atoms with van der Waals surface area (Å²) in [7, 11) is -4.06. The van der Waals surface area contributed by atoms with E-state index < -0.39 is 26.8 Å². The first-order chi connectivity index (χ1) is 15.6. The molecular formula is C21H19N3O7S2. The lowest BCUT2D eigenvalue weighted by Gasteiger charge is -2.09. The van der Waals surface area contributed by atoms with Crippen LogP contribution in [0, 0.1) is 17.0 Å². The van der Waals surface area contributed by atoms with E-state index in [9.17, 15) is 28.1 Å². The number of aryl methyl sites for hydroxylation is 1. The van der Waals surface area contributed by atoms with Crippen molar-refractivity contribution in [1.82, 2.24) is 0 Å². The Morgan fingerprint density at radius 2 is 1.82 bits per heavy atom. The summed E-state index contributed by atoms with van der Waals surface area (Å²) < 4.78 is 32.4. The summed E-state index contributed by atoms with van der Waals surface area (Å²) in [6.45, 7) is 3.69. The van der Waals surface area contributed by atoms with Crippen LogP contribution in [-0.2, 0) is 14.8 Å². The molecule has 0 aliphatic rings. The van der Waals surface area contributed by atoms with Crippen molar-refractivity contribution in [3.63, 3.8) is 0 Å². The zero-order valence-electron chi connectivity index (χ0n) is 17.5. The summed E-state index contributed by atoms with van der Waals surface area (Å²) in [4.78, 5) is 34.8. The zero-order chi connectivity index (χ0) is 24.2. The third-order valence-electron chi connectivity index (χ3n) is 4.35. The number of sulfonamides is 1. The van der Waals surface area contributed by atoms with Crippen LogP contribution in [-0.4, -0.2) is 31.8 Å². The first kappa shape index (κ1) is 23.9. The number of rotatable bonds is 8. The van der Waals surface area contributed by atoms with Crippen LogP contribution in [0.3, 0.4) is 0 Å². The molecule has 2 N–H and O–H groups in total. The van der Waals surface area contributed by atoms with Gasteiger partial charge in [0.1, 0.15) is 4.88 Å². The fourth-order valence-corrected chi connectivity index (χ4v) is 4.85. The van der Waals surface area contributed by atoms with Gasteiger partial charge in [-0.05, 0) is 55.8 Å². The predicted molar refractivity (Wildman–Crippen MR) is 123 cm³/mol. The van der Waals surface area contributed by atoms with Crippen LogP contribution in [0.15, 0.2) is 59.5 Å². The molecule has 33 heavy (non-hydrogen) atoms. The van der Waals surface area contributed by atoms with Gasteiger partial charge in [0.25, 0.3) is 21.6 Å². The molecule has 1 aromatic heterocycles. The minimum Gasteiger partial charge on any atom is -0.462 e. The third kappa shape index (κ3) is 5.73. The number of thiophene rings is 1. The molecule has 0 aliphatic carbocycles. The second kappa shape index (κ2) is 9.79. The largest absolute Gasteiger partial charge is 0.462 e. The van der Waals surface area contributed by atoms with Gasteiger partial charge in [0, 0.05) is 23.4 Å². The van der Waals surface area contributed by atoms with Crippen LogP contribution < -0.4 is 10.0 Å². The molecule has 0 unspecified atom stereocenters. The van der Waals surface area contributed by atoms with Crippen molar-refractivity contribution < 1.29 is 27.7 Å². The Balaban J connectivity index is 1.71. The molecule has 0 spiro atoms. The van der Waals surface area contributed by atoms with Crippen molar-refractivity contribution in [3.05, 3.63) is 80.7 Å². The number of amides is 1. The standard InChI is InChI=1S/C21H19N3O7S2/c1-3-31-21(26)19-13(2)11-18(32-19)22-20(25)14-7-9-15(10-8-14)23-33(29,30)17-6-4-5-16(12-17)24(27)28/h4-12,23H,3H2,1-2H3,(H,22,25). The van der Waals surface area contributed by atoms with E-state index in [2.05, 4.69) is 10.0 Å². The summed E-state index contributed by atoms with van der Waals surface area (Å²) in [5.41, 5.74) is 0.770. The number of non-ortho nitro benzene ring substituents is 1. The van der Waals surface area contributed by atoms with Crippen molar-refractivity contribution in [2.45, 2.75) is 18.7 Å². The monoisotopic (exact) mass is 489 g/mol. The van der Waals surface area contributed by atoms with Crippen molar-refractivity contribution in [1.29, 1.82) is 0 Å². The van der Waals surface area contributed by atoms with Crippen molar-refractivity contribution >= 4 is 49.6 Å². The van der Waals surface area contributed by atoms with Crippen molar-refractivity contribution in [3.8, 4) is 0 Å². The third-order valence-corrected chi connectivity index (χ3v) is 6.86. The maximum atomic E-state index is 12.5. The number of hydrogen-bond acceptors (Lipinski definition) is 8. The Morgan fingerprint density at radius 1 is 1.12 bits per heavy atom. The number of nitro groups is 1. The maximum absolute atomic E-state index is 12.5. The predicted octanol–water partition coefficient (Wildman–Crippen LogP) is 4.19. The molecule has 2 aromatic carbocycles. The van der Waals surface area contributed by atoms with E-state index in [-0.39, 0.29) is 28.4 Å². The molecule has 3 aromatic rings. The smallest absolute Gasteiger partial charge is 0.348 e. The summed E-state index contributed by atoms with van der Waals surface area (Å²) in [5.74, 6) is -0.902. The topological polar surface area (TPSA) is 145 Å². The number of benzene rings is 2. The Kier molecular flexibility index (Phi) is 7.09. The number of ether oxygens (including phenoxy) is 1. The van der Waals surface area contributed by atoms with Crippen LogP contribution in [0.4, 0.5) is 16.4 Å². The average Bonchev–Trinajstić information content (AvgIpc) is 3.14. The van der Waals surface area contributed by atoms with Gasteiger partial charge >= 0.3 is 5.97 Å². The molecule has 1 amide bonds. The first-order valence-corrected chi connectivity index (χ1v) is 11.9. The number of carbonyl (C=O) groups excluding carboxylic acids is 2. The van der Waals surface area contributed by atoms with E-state index in [0.29, 0.717) is 15.4 Å².